The molecule has 3 aromatic carbocycles. The number of hydrogen-bond donors (Lipinski definition) is 0. The molecule has 2 fully saturated rings. The Balaban J connectivity index is 1.43. The second-order valence-corrected chi connectivity index (χ2v) is 10.2. The topological polar surface area (TPSA) is 41.9 Å². The lowest BCUT2D eigenvalue weighted by molar-refractivity contribution is -0.124. The maximum absolute atomic E-state index is 13.6. The fourth-order valence-corrected chi connectivity index (χ4v) is 5.76. The SMILES string of the molecule is O=C1/C(=C/c2ccccc2OCc2cccc(Cl)c2)SC(=Nc2ccccc2)N1C1CCCCC1. The van der Waals surface area contributed by atoms with E-state index in [9.17, 15) is 4.79 Å². The summed E-state index contributed by atoms with van der Waals surface area (Å²) < 4.78 is 6.12. The number of nitrogens with zero attached hydrogens (tertiary/aromatic N) is 2. The number of thioether (sulfide) groups is 1. The normalized spacial score (nSPS) is 19.0. The smallest absolute Gasteiger partial charge is 0.267 e. The zero-order chi connectivity index (χ0) is 24.0. The van der Waals surface area contributed by atoms with Gasteiger partial charge in [0.1, 0.15) is 12.4 Å². The second kappa shape index (κ2) is 11.1. The molecule has 0 radical (unpaired) electrons. The summed E-state index contributed by atoms with van der Waals surface area (Å²) in [4.78, 5) is 21.1. The molecule has 1 amide bonds. The Morgan fingerprint density at radius 3 is 2.54 bits per heavy atom. The number of halogens is 1. The standard InChI is InChI=1S/C29H27ClN2O2S/c30-23-12-9-10-21(18-23)20-34-26-17-8-7-11-22(26)19-27-28(33)32(25-15-5-2-6-16-25)29(35-27)31-24-13-3-1-4-14-24/h1,3-4,7-14,17-19,25H,2,5-6,15-16,20H2/b27-19-,31-29?. The van der Waals surface area contributed by atoms with Crippen LogP contribution in [0.3, 0.4) is 0 Å². The van der Waals surface area contributed by atoms with E-state index in [2.05, 4.69) is 0 Å². The van der Waals surface area contributed by atoms with Crippen LogP contribution in [0.5, 0.6) is 5.75 Å². The lowest BCUT2D eigenvalue weighted by atomic mass is 9.94. The summed E-state index contributed by atoms with van der Waals surface area (Å²) in [5.74, 6) is 0.757. The molecule has 3 aromatic rings. The van der Waals surface area contributed by atoms with E-state index in [0.717, 1.165) is 53.4 Å². The lowest BCUT2D eigenvalue weighted by Crippen LogP contribution is -2.40. The number of benzene rings is 3. The molecular weight excluding hydrogens is 476 g/mol. The maximum Gasteiger partial charge on any atom is 0.267 e. The van der Waals surface area contributed by atoms with Gasteiger partial charge >= 0.3 is 0 Å². The van der Waals surface area contributed by atoms with Crippen LogP contribution in [-0.2, 0) is 11.4 Å². The van der Waals surface area contributed by atoms with E-state index >= 15 is 0 Å². The number of rotatable bonds is 6. The molecular formula is C29H27ClN2O2S. The third kappa shape index (κ3) is 5.80. The summed E-state index contributed by atoms with van der Waals surface area (Å²) in [5.41, 5.74) is 2.72. The van der Waals surface area contributed by atoms with E-state index in [-0.39, 0.29) is 11.9 Å². The van der Waals surface area contributed by atoms with Crippen molar-refractivity contribution in [1.82, 2.24) is 4.90 Å². The highest BCUT2D eigenvalue weighted by Crippen LogP contribution is 2.39. The van der Waals surface area contributed by atoms with Crippen molar-refractivity contribution in [3.05, 3.63) is 99.9 Å². The predicted octanol–water partition coefficient (Wildman–Crippen LogP) is 7.86. The average molecular weight is 503 g/mol. The van der Waals surface area contributed by atoms with Crippen LogP contribution in [0.2, 0.25) is 5.02 Å². The molecule has 1 aliphatic carbocycles. The van der Waals surface area contributed by atoms with E-state index in [1.165, 1.54) is 18.2 Å². The Bertz CT molecular complexity index is 1250. The Morgan fingerprint density at radius 2 is 1.74 bits per heavy atom. The molecule has 1 saturated heterocycles. The van der Waals surface area contributed by atoms with Gasteiger partial charge in [0.25, 0.3) is 5.91 Å². The molecule has 0 atom stereocenters. The highest BCUT2D eigenvalue weighted by molar-refractivity contribution is 8.18. The van der Waals surface area contributed by atoms with Crippen molar-refractivity contribution < 1.29 is 9.53 Å². The third-order valence-corrected chi connectivity index (χ3v) is 7.46. The van der Waals surface area contributed by atoms with Crippen LogP contribution in [-0.4, -0.2) is 22.0 Å². The third-order valence-electron chi connectivity index (χ3n) is 6.25. The molecule has 1 heterocycles. The first-order valence-corrected chi connectivity index (χ1v) is 13.2. The van der Waals surface area contributed by atoms with Crippen LogP contribution in [0, 0.1) is 0 Å². The molecule has 0 N–H and O–H groups in total. The van der Waals surface area contributed by atoms with Crippen LogP contribution >= 0.6 is 23.4 Å². The van der Waals surface area contributed by atoms with Gasteiger partial charge in [0.05, 0.1) is 10.6 Å². The molecule has 5 rings (SSSR count). The van der Waals surface area contributed by atoms with Gasteiger partial charge < -0.3 is 4.74 Å². The van der Waals surface area contributed by atoms with Crippen molar-refractivity contribution in [3.63, 3.8) is 0 Å². The molecule has 0 spiro atoms. The van der Waals surface area contributed by atoms with Gasteiger partial charge in [-0.1, -0.05) is 79.4 Å². The van der Waals surface area contributed by atoms with Crippen LogP contribution in [0.1, 0.15) is 43.2 Å². The summed E-state index contributed by atoms with van der Waals surface area (Å²) in [6.45, 7) is 0.400. The van der Waals surface area contributed by atoms with E-state index < -0.39 is 0 Å². The molecule has 178 valence electrons. The molecule has 35 heavy (non-hydrogen) atoms. The van der Waals surface area contributed by atoms with Crippen LogP contribution in [0.4, 0.5) is 5.69 Å². The highest BCUT2D eigenvalue weighted by Gasteiger charge is 2.38. The van der Waals surface area contributed by atoms with Gasteiger partial charge in [0.15, 0.2) is 5.17 Å². The highest BCUT2D eigenvalue weighted by atomic mass is 35.5. The minimum atomic E-state index is 0.0289. The van der Waals surface area contributed by atoms with Crippen molar-refractivity contribution >= 4 is 46.2 Å². The number of hydrogen-bond acceptors (Lipinski definition) is 4. The Kier molecular flexibility index (Phi) is 7.55. The largest absolute Gasteiger partial charge is 0.488 e. The quantitative estimate of drug-likeness (QED) is 0.322. The first kappa shape index (κ1) is 23.7. The molecule has 4 nitrogen and oxygen atoms in total. The monoisotopic (exact) mass is 502 g/mol. The molecule has 0 bridgehead atoms. The van der Waals surface area contributed by atoms with Crippen molar-refractivity contribution in [2.24, 2.45) is 4.99 Å². The molecule has 2 aliphatic rings. The predicted molar refractivity (Wildman–Crippen MR) is 145 cm³/mol. The van der Waals surface area contributed by atoms with E-state index in [1.807, 2.05) is 89.8 Å². The van der Waals surface area contributed by atoms with Crippen molar-refractivity contribution in [2.45, 2.75) is 44.8 Å². The molecule has 6 heteroatoms. The van der Waals surface area contributed by atoms with Crippen molar-refractivity contribution in [1.29, 1.82) is 0 Å². The van der Waals surface area contributed by atoms with E-state index in [1.54, 1.807) is 0 Å². The molecule has 1 aliphatic heterocycles. The Morgan fingerprint density at radius 1 is 0.971 bits per heavy atom. The molecule has 0 unspecified atom stereocenters. The van der Waals surface area contributed by atoms with Crippen molar-refractivity contribution in [3.8, 4) is 5.75 Å². The minimum absolute atomic E-state index is 0.0289. The lowest BCUT2D eigenvalue weighted by Gasteiger charge is -2.30. The summed E-state index contributed by atoms with van der Waals surface area (Å²) in [6.07, 6.45) is 7.51. The van der Waals surface area contributed by atoms with Crippen LogP contribution in [0.15, 0.2) is 88.8 Å². The second-order valence-electron chi connectivity index (χ2n) is 8.76. The maximum atomic E-state index is 13.6. The van der Waals surface area contributed by atoms with Crippen LogP contribution < -0.4 is 4.74 Å². The first-order chi connectivity index (χ1) is 17.2. The van der Waals surface area contributed by atoms with Crippen LogP contribution in [0.25, 0.3) is 6.08 Å². The van der Waals surface area contributed by atoms with Gasteiger partial charge in [0.2, 0.25) is 0 Å². The van der Waals surface area contributed by atoms with Gasteiger partial charge in [-0.2, -0.15) is 0 Å². The van der Waals surface area contributed by atoms with Gasteiger partial charge in [0, 0.05) is 16.6 Å². The van der Waals surface area contributed by atoms with Gasteiger partial charge in [-0.05, 0) is 66.6 Å². The molecule has 0 aromatic heterocycles. The number of para-hydroxylation sites is 2. The Labute approximate surface area is 215 Å². The summed E-state index contributed by atoms with van der Waals surface area (Å²) >= 11 is 7.57. The minimum Gasteiger partial charge on any atom is -0.488 e. The number of carbonyl (C=O) groups excluding carboxylic acids is 1. The summed E-state index contributed by atoms with van der Waals surface area (Å²) in [7, 11) is 0. The van der Waals surface area contributed by atoms with E-state index in [4.69, 9.17) is 21.3 Å². The number of amides is 1. The fourth-order valence-electron chi connectivity index (χ4n) is 4.50. The summed E-state index contributed by atoms with van der Waals surface area (Å²) in [6, 6.07) is 25.5. The average Bonchev–Trinajstić information content (AvgIpc) is 3.19. The first-order valence-electron chi connectivity index (χ1n) is 12.0. The fraction of sp³-hybridized carbons (Fsp3) is 0.241. The van der Waals surface area contributed by atoms with Gasteiger partial charge in [-0.3, -0.25) is 9.69 Å². The molecule has 1 saturated carbocycles. The number of carbonyl (C=O) groups is 1. The van der Waals surface area contributed by atoms with E-state index in [0.29, 0.717) is 16.5 Å². The number of amidine groups is 1. The van der Waals surface area contributed by atoms with Gasteiger partial charge in [-0.15, -0.1) is 0 Å². The number of aliphatic imine (C=N–C) groups is 1. The van der Waals surface area contributed by atoms with Gasteiger partial charge in [-0.25, -0.2) is 4.99 Å². The zero-order valence-electron chi connectivity index (χ0n) is 19.4. The summed E-state index contributed by atoms with van der Waals surface area (Å²) in [5, 5.41) is 1.44. The number of ether oxygens (including phenoxy) is 1. The van der Waals surface area contributed by atoms with Crippen molar-refractivity contribution in [2.75, 3.05) is 0 Å². The zero-order valence-corrected chi connectivity index (χ0v) is 21.0. The Hall–Kier alpha value is -3.02.